The van der Waals surface area contributed by atoms with E-state index in [1.54, 1.807) is 23.1 Å². The molecule has 2 aromatic carbocycles. The summed E-state index contributed by atoms with van der Waals surface area (Å²) in [5.74, 6) is -3.78. The number of hydrogen-bond donors (Lipinski definition) is 2. The Morgan fingerprint density at radius 1 is 0.980 bits per heavy atom. The van der Waals surface area contributed by atoms with E-state index in [-0.39, 0.29) is 37.9 Å². The van der Waals surface area contributed by atoms with Gasteiger partial charge in [0.15, 0.2) is 0 Å². The second-order valence-electron chi connectivity index (χ2n) is 13.0. The highest BCUT2D eigenvalue weighted by Gasteiger charge is 2.72. The van der Waals surface area contributed by atoms with Crippen molar-refractivity contribution in [2.24, 2.45) is 11.8 Å². The summed E-state index contributed by atoms with van der Waals surface area (Å²) < 4.78 is 12.9. The molecule has 0 unspecified atom stereocenters. The van der Waals surface area contributed by atoms with Crippen LogP contribution in [0.4, 0.5) is 11.4 Å². The number of allylic oxidation sites excluding steroid dienone is 1. The molecule has 0 radical (unpaired) electrons. The lowest BCUT2D eigenvalue weighted by Crippen LogP contribution is -2.58. The summed E-state index contributed by atoms with van der Waals surface area (Å²) in [6.45, 7) is 7.67. The van der Waals surface area contributed by atoms with Gasteiger partial charge in [-0.2, -0.15) is 0 Å². The lowest BCUT2D eigenvalue weighted by atomic mass is 9.77. The largest absolute Gasteiger partial charge is 0.455 e. The monoisotopic (exact) mass is 670 g/mol. The minimum absolute atomic E-state index is 0.0673. The number of cyclic esters (lactones) is 1. The van der Waals surface area contributed by atoms with E-state index in [4.69, 9.17) is 9.47 Å². The molecule has 11 heteroatoms. The van der Waals surface area contributed by atoms with Crippen molar-refractivity contribution >= 4 is 35.1 Å². The number of aliphatic hydroxyl groups is 1. The number of hydrogen-bond acceptors (Lipinski definition) is 8. The molecule has 3 amide bonds. The minimum atomic E-state index is -1.50. The molecule has 11 nitrogen and oxygen atoms in total. The number of carbonyl (C=O) groups is 4. The number of likely N-dealkylation sites (tertiary alicyclic amines) is 1. The Labute approximate surface area is 287 Å². The number of benzene rings is 2. The van der Waals surface area contributed by atoms with Gasteiger partial charge in [0.25, 0.3) is 5.91 Å². The summed E-state index contributed by atoms with van der Waals surface area (Å²) >= 11 is 0. The molecule has 0 bridgehead atoms. The predicted octanol–water partition coefficient (Wildman–Crippen LogP) is 3.54. The zero-order chi connectivity index (χ0) is 34.7. The van der Waals surface area contributed by atoms with Gasteiger partial charge in [0.1, 0.15) is 23.7 Å². The average Bonchev–Trinajstić information content (AvgIpc) is 3.51. The van der Waals surface area contributed by atoms with Gasteiger partial charge in [0.2, 0.25) is 11.8 Å². The van der Waals surface area contributed by atoms with E-state index in [0.29, 0.717) is 24.1 Å². The third-order valence-electron chi connectivity index (χ3n) is 10.3. The SMILES string of the molecule is CC[C@@H](CO)N1C(=O)[C@@H]2[C@H]3C(=O)O[C@H](c4ccccc4)CNC(=O)CC/C=C\[C@H]3O[C@@]23C=CCN(c2ccc(N(CC)CC)cc2)C(=O)[C@@H]13. The number of aliphatic hydroxyl groups excluding tert-OH is 1. The quantitative estimate of drug-likeness (QED) is 0.323. The number of anilines is 2. The molecule has 4 heterocycles. The molecule has 49 heavy (non-hydrogen) atoms. The Morgan fingerprint density at radius 3 is 2.39 bits per heavy atom. The normalized spacial score (nSPS) is 29.8. The van der Waals surface area contributed by atoms with Crippen LogP contribution in [0.3, 0.4) is 0 Å². The van der Waals surface area contributed by atoms with Crippen LogP contribution < -0.4 is 15.1 Å². The second-order valence-corrected chi connectivity index (χ2v) is 13.0. The van der Waals surface area contributed by atoms with Gasteiger partial charge in [0, 0.05) is 37.4 Å². The van der Waals surface area contributed by atoms with Crippen LogP contribution >= 0.6 is 0 Å². The van der Waals surface area contributed by atoms with E-state index < -0.39 is 53.6 Å². The van der Waals surface area contributed by atoms with E-state index in [1.165, 1.54) is 4.90 Å². The van der Waals surface area contributed by atoms with Crippen molar-refractivity contribution in [1.29, 1.82) is 0 Å². The lowest BCUT2D eigenvalue weighted by Gasteiger charge is -2.38. The number of esters is 1. The maximum atomic E-state index is 14.8. The Morgan fingerprint density at radius 2 is 1.71 bits per heavy atom. The molecule has 0 saturated carbocycles. The minimum Gasteiger partial charge on any atom is -0.455 e. The van der Waals surface area contributed by atoms with E-state index in [2.05, 4.69) is 24.1 Å². The molecule has 4 aliphatic rings. The van der Waals surface area contributed by atoms with E-state index in [9.17, 15) is 24.3 Å². The molecule has 260 valence electrons. The molecular formula is C38H46N4O7. The summed E-state index contributed by atoms with van der Waals surface area (Å²) in [6.07, 6.45) is 6.43. The first-order chi connectivity index (χ1) is 23.8. The number of nitrogens with zero attached hydrogens (tertiary/aromatic N) is 3. The topological polar surface area (TPSA) is 129 Å². The van der Waals surface area contributed by atoms with Crippen LogP contribution in [0.25, 0.3) is 0 Å². The Kier molecular flexibility index (Phi) is 10.2. The van der Waals surface area contributed by atoms with Crippen LogP contribution in [0, 0.1) is 11.8 Å². The van der Waals surface area contributed by atoms with E-state index >= 15 is 0 Å². The molecular weight excluding hydrogens is 624 g/mol. The van der Waals surface area contributed by atoms with E-state index in [0.717, 1.165) is 18.8 Å². The first-order valence-electron chi connectivity index (χ1n) is 17.4. The fourth-order valence-corrected chi connectivity index (χ4v) is 7.82. The molecule has 2 fully saturated rings. The summed E-state index contributed by atoms with van der Waals surface area (Å²) in [4.78, 5) is 61.8. The van der Waals surface area contributed by atoms with Crippen LogP contribution in [0.15, 0.2) is 78.9 Å². The van der Waals surface area contributed by atoms with E-state index in [1.807, 2.05) is 67.6 Å². The predicted molar refractivity (Wildman–Crippen MR) is 185 cm³/mol. The van der Waals surface area contributed by atoms with Crippen molar-refractivity contribution in [2.75, 3.05) is 42.6 Å². The molecule has 2 N–H and O–H groups in total. The highest BCUT2D eigenvalue weighted by Crippen LogP contribution is 2.54. The maximum Gasteiger partial charge on any atom is 0.313 e. The van der Waals surface area contributed by atoms with Crippen LogP contribution in [0.1, 0.15) is 51.7 Å². The third-order valence-corrected chi connectivity index (χ3v) is 10.3. The molecule has 2 saturated heterocycles. The number of carbonyl (C=O) groups excluding carboxylic acids is 4. The van der Waals surface area contributed by atoms with Crippen molar-refractivity contribution in [1.82, 2.24) is 10.2 Å². The van der Waals surface area contributed by atoms with Crippen LogP contribution in [-0.2, 0) is 28.7 Å². The molecule has 1 spiro atoms. The number of ether oxygens (including phenoxy) is 2. The fourth-order valence-electron chi connectivity index (χ4n) is 7.82. The van der Waals surface area contributed by atoms with Crippen molar-refractivity contribution < 1.29 is 33.8 Å². The van der Waals surface area contributed by atoms with Gasteiger partial charge in [0.05, 0.1) is 31.2 Å². The highest BCUT2D eigenvalue weighted by molar-refractivity contribution is 6.05. The lowest BCUT2D eigenvalue weighted by molar-refractivity contribution is -0.160. The van der Waals surface area contributed by atoms with Gasteiger partial charge in [-0.3, -0.25) is 19.2 Å². The molecule has 4 aliphatic heterocycles. The summed E-state index contributed by atoms with van der Waals surface area (Å²) in [5.41, 5.74) is 0.908. The molecule has 7 atom stereocenters. The first kappa shape index (κ1) is 34.4. The van der Waals surface area contributed by atoms with Crippen molar-refractivity contribution in [3.8, 4) is 0 Å². The Balaban J connectivity index is 1.42. The zero-order valence-electron chi connectivity index (χ0n) is 28.4. The number of amides is 3. The summed E-state index contributed by atoms with van der Waals surface area (Å²) in [5, 5.41) is 13.3. The smallest absolute Gasteiger partial charge is 0.313 e. The molecule has 6 rings (SSSR count). The van der Waals surface area contributed by atoms with Crippen LogP contribution in [-0.4, -0.2) is 90.3 Å². The second kappa shape index (κ2) is 14.6. The van der Waals surface area contributed by atoms with Crippen molar-refractivity contribution in [3.05, 3.63) is 84.5 Å². The van der Waals surface area contributed by atoms with Crippen molar-refractivity contribution in [3.63, 3.8) is 0 Å². The van der Waals surface area contributed by atoms with Gasteiger partial charge >= 0.3 is 5.97 Å². The third kappa shape index (κ3) is 6.25. The molecule has 0 aliphatic carbocycles. The van der Waals surface area contributed by atoms with Crippen LogP contribution in [0.5, 0.6) is 0 Å². The van der Waals surface area contributed by atoms with Crippen LogP contribution in [0.2, 0.25) is 0 Å². The van der Waals surface area contributed by atoms with Gasteiger partial charge < -0.3 is 34.6 Å². The van der Waals surface area contributed by atoms with Gasteiger partial charge in [-0.15, -0.1) is 0 Å². The number of rotatable bonds is 8. The summed E-state index contributed by atoms with van der Waals surface area (Å²) in [7, 11) is 0. The number of nitrogens with one attached hydrogen (secondary N) is 1. The number of fused-ring (bicyclic) bond motifs is 2. The van der Waals surface area contributed by atoms with Crippen molar-refractivity contribution in [2.45, 2.75) is 69.9 Å². The summed E-state index contributed by atoms with van der Waals surface area (Å²) in [6, 6.07) is 15.1. The van der Waals surface area contributed by atoms with Gasteiger partial charge in [-0.05, 0) is 56.5 Å². The Bertz CT molecular complexity index is 1590. The first-order valence-corrected chi connectivity index (χ1v) is 17.4. The maximum absolute atomic E-state index is 14.8. The molecule has 0 aromatic heterocycles. The fraction of sp³-hybridized carbons (Fsp3) is 0.474. The molecule has 2 aromatic rings. The standard InChI is InChI=1S/C38H46N4O7/c1-4-26(24-43)42-34-36(46)41(28-19-17-27(18-20-28)40(5-2)6-3)22-12-21-38(34)33(35(42)45)32-29(49-38)15-10-11-16-31(44)39-23-30(48-37(32)47)25-13-8-7-9-14-25/h7-10,12-15,17-21,26,29-30,32-34,43H,4-6,11,16,22-24H2,1-3H3,(H,39,44)/b15-10-/t26-,29+,30-,32-,33-,34+,38-/m0/s1. The van der Waals surface area contributed by atoms with Gasteiger partial charge in [-0.1, -0.05) is 61.6 Å². The highest BCUT2D eigenvalue weighted by atomic mass is 16.6. The zero-order valence-corrected chi connectivity index (χ0v) is 28.4. The van der Waals surface area contributed by atoms with Gasteiger partial charge in [-0.25, -0.2) is 0 Å². The average molecular weight is 671 g/mol. The Hall–Kier alpha value is -4.48.